The van der Waals surface area contributed by atoms with Crippen molar-refractivity contribution >= 4 is 22.6 Å². The Morgan fingerprint density at radius 3 is 2.10 bits per heavy atom. The molecule has 0 bridgehead atoms. The van der Waals surface area contributed by atoms with Crippen LogP contribution in [0.3, 0.4) is 0 Å². The highest BCUT2D eigenvalue weighted by molar-refractivity contribution is 7.89. The molecule has 1 aliphatic heterocycles. The molecule has 0 aromatic heterocycles. The molecule has 0 amide bonds. The van der Waals surface area contributed by atoms with Crippen molar-refractivity contribution in [3.63, 3.8) is 0 Å². The van der Waals surface area contributed by atoms with E-state index in [4.69, 9.17) is 14.4 Å². The van der Waals surface area contributed by atoms with Crippen LogP contribution in [-0.2, 0) is 19.3 Å². The van der Waals surface area contributed by atoms with Gasteiger partial charge in [-0.25, -0.2) is 17.9 Å². The van der Waals surface area contributed by atoms with E-state index in [1.54, 1.807) is 0 Å². The Morgan fingerprint density at radius 1 is 1.15 bits per heavy atom. The van der Waals surface area contributed by atoms with Gasteiger partial charge in [0.25, 0.3) is 0 Å². The summed E-state index contributed by atoms with van der Waals surface area (Å²) in [7, 11) is -4.88. The standard InChI is InChI=1S/C12H17BFNO4S/c1-11(2)12(3,4)19-13(18-11)9-7-8(20(15,16)17)5-6-10(9)14/h5-7H,1-4H3,(H2,15,16,17). The maximum Gasteiger partial charge on any atom is 0.497 e. The molecule has 1 heterocycles. The third-order valence-electron chi connectivity index (χ3n) is 3.80. The fourth-order valence-corrected chi connectivity index (χ4v) is 2.40. The van der Waals surface area contributed by atoms with E-state index in [1.165, 1.54) is 0 Å². The van der Waals surface area contributed by atoms with Gasteiger partial charge in [0, 0.05) is 5.46 Å². The molecule has 2 rings (SSSR count). The quantitative estimate of drug-likeness (QED) is 0.819. The Kier molecular flexibility index (Phi) is 3.49. The fourth-order valence-electron chi connectivity index (χ4n) is 1.85. The van der Waals surface area contributed by atoms with Crippen LogP contribution < -0.4 is 10.6 Å². The average molecular weight is 301 g/mol. The molecule has 0 unspecified atom stereocenters. The monoisotopic (exact) mass is 301 g/mol. The Hall–Kier alpha value is -0.955. The number of benzene rings is 1. The molecule has 1 aromatic carbocycles. The predicted molar refractivity (Wildman–Crippen MR) is 73.5 cm³/mol. The second-order valence-corrected chi connectivity index (χ2v) is 7.38. The van der Waals surface area contributed by atoms with E-state index in [2.05, 4.69) is 0 Å². The highest BCUT2D eigenvalue weighted by Gasteiger charge is 2.52. The number of rotatable bonds is 2. The van der Waals surface area contributed by atoms with Crippen LogP contribution in [0.1, 0.15) is 27.7 Å². The number of nitrogens with two attached hydrogens (primary N) is 1. The normalized spacial score (nSPS) is 21.2. The van der Waals surface area contributed by atoms with Crippen molar-refractivity contribution in [1.82, 2.24) is 0 Å². The first-order valence-corrected chi connectivity index (χ1v) is 7.66. The van der Waals surface area contributed by atoms with Crippen molar-refractivity contribution in [2.45, 2.75) is 43.8 Å². The molecule has 1 saturated heterocycles. The van der Waals surface area contributed by atoms with Crippen LogP contribution in [0.5, 0.6) is 0 Å². The number of primary sulfonamides is 1. The maximum absolute atomic E-state index is 13.9. The molecule has 2 N–H and O–H groups in total. The van der Waals surface area contributed by atoms with E-state index >= 15 is 0 Å². The van der Waals surface area contributed by atoms with Crippen molar-refractivity contribution in [2.24, 2.45) is 5.14 Å². The van der Waals surface area contributed by atoms with Crippen molar-refractivity contribution in [3.8, 4) is 0 Å². The summed E-state index contributed by atoms with van der Waals surface area (Å²) < 4.78 is 48.0. The van der Waals surface area contributed by atoms with E-state index in [9.17, 15) is 12.8 Å². The van der Waals surface area contributed by atoms with Crippen LogP contribution in [0.15, 0.2) is 23.1 Å². The summed E-state index contributed by atoms with van der Waals surface area (Å²) in [5, 5.41) is 5.05. The molecule has 8 heteroatoms. The van der Waals surface area contributed by atoms with Crippen molar-refractivity contribution in [1.29, 1.82) is 0 Å². The lowest BCUT2D eigenvalue weighted by Gasteiger charge is -2.32. The molecular formula is C12H17BFNO4S. The molecule has 0 aliphatic carbocycles. The number of halogens is 1. The minimum Gasteiger partial charge on any atom is -0.399 e. The summed E-state index contributed by atoms with van der Waals surface area (Å²) in [5.74, 6) is -0.601. The molecule has 5 nitrogen and oxygen atoms in total. The first-order chi connectivity index (χ1) is 8.94. The van der Waals surface area contributed by atoms with Gasteiger partial charge in [0.2, 0.25) is 10.0 Å². The van der Waals surface area contributed by atoms with Crippen LogP contribution in [0.25, 0.3) is 0 Å². The topological polar surface area (TPSA) is 78.6 Å². The smallest absolute Gasteiger partial charge is 0.399 e. The zero-order chi connectivity index (χ0) is 15.3. The van der Waals surface area contributed by atoms with Gasteiger partial charge < -0.3 is 9.31 Å². The van der Waals surface area contributed by atoms with Gasteiger partial charge in [0.15, 0.2) is 0 Å². The van der Waals surface area contributed by atoms with Crippen LogP contribution in [0.4, 0.5) is 4.39 Å². The summed E-state index contributed by atoms with van der Waals surface area (Å²) in [6, 6.07) is 3.30. The van der Waals surface area contributed by atoms with Crippen LogP contribution in [0, 0.1) is 5.82 Å². The summed E-state index contributed by atoms with van der Waals surface area (Å²) >= 11 is 0. The van der Waals surface area contributed by atoms with Crippen molar-refractivity contribution < 1.29 is 22.1 Å². The van der Waals surface area contributed by atoms with Crippen molar-refractivity contribution in [2.75, 3.05) is 0 Å². The number of hydrogen-bond acceptors (Lipinski definition) is 4. The first kappa shape index (κ1) is 15.4. The largest absolute Gasteiger partial charge is 0.497 e. The summed E-state index contributed by atoms with van der Waals surface area (Å²) in [4.78, 5) is -0.177. The van der Waals surface area contributed by atoms with Gasteiger partial charge in [-0.15, -0.1) is 0 Å². The summed E-state index contributed by atoms with van der Waals surface area (Å²) in [6.45, 7) is 7.31. The van der Waals surface area contributed by atoms with Gasteiger partial charge in [-0.05, 0) is 45.9 Å². The molecule has 1 aromatic rings. The average Bonchev–Trinajstić information content (AvgIpc) is 2.46. The van der Waals surface area contributed by atoms with Gasteiger partial charge in [-0.1, -0.05) is 0 Å². The lowest BCUT2D eigenvalue weighted by atomic mass is 9.79. The van der Waals surface area contributed by atoms with E-state index in [1.807, 2.05) is 27.7 Å². The molecule has 0 atom stereocenters. The van der Waals surface area contributed by atoms with E-state index in [-0.39, 0.29) is 10.4 Å². The minimum atomic E-state index is -3.91. The maximum atomic E-state index is 13.9. The summed E-state index contributed by atoms with van der Waals surface area (Å²) in [6.07, 6.45) is 0. The Morgan fingerprint density at radius 2 is 1.65 bits per heavy atom. The summed E-state index contributed by atoms with van der Waals surface area (Å²) in [5.41, 5.74) is -1.25. The fraction of sp³-hybridized carbons (Fsp3) is 0.500. The van der Waals surface area contributed by atoms with E-state index < -0.39 is 34.2 Å². The SMILES string of the molecule is CC1(C)OB(c2cc(S(N)(=O)=O)ccc2F)OC1(C)C. The van der Waals surface area contributed by atoms with Crippen LogP contribution in [0.2, 0.25) is 0 Å². The second kappa shape index (κ2) is 4.52. The zero-order valence-corrected chi connectivity index (χ0v) is 12.6. The number of sulfonamides is 1. The predicted octanol–water partition coefficient (Wildman–Crippen LogP) is 0.772. The van der Waals surface area contributed by atoms with Gasteiger partial charge in [0.05, 0.1) is 16.1 Å². The first-order valence-electron chi connectivity index (χ1n) is 6.12. The molecule has 0 saturated carbocycles. The highest BCUT2D eigenvalue weighted by atomic mass is 32.2. The van der Waals surface area contributed by atoms with E-state index in [0.29, 0.717) is 0 Å². The molecule has 110 valence electrons. The molecular weight excluding hydrogens is 284 g/mol. The highest BCUT2D eigenvalue weighted by Crippen LogP contribution is 2.36. The Balaban J connectivity index is 2.45. The number of hydrogen-bond donors (Lipinski definition) is 1. The molecule has 0 spiro atoms. The third kappa shape index (κ3) is 2.60. The molecule has 0 radical (unpaired) electrons. The molecule has 1 fully saturated rings. The zero-order valence-electron chi connectivity index (χ0n) is 11.8. The Bertz CT molecular complexity index is 629. The lowest BCUT2D eigenvalue weighted by Crippen LogP contribution is -2.41. The third-order valence-corrected chi connectivity index (χ3v) is 4.71. The second-order valence-electron chi connectivity index (χ2n) is 5.82. The van der Waals surface area contributed by atoms with Gasteiger partial charge >= 0.3 is 7.12 Å². The minimum absolute atomic E-state index is 0.0233. The van der Waals surface area contributed by atoms with E-state index in [0.717, 1.165) is 18.2 Å². The van der Waals surface area contributed by atoms with Gasteiger partial charge in [-0.3, -0.25) is 0 Å². The van der Waals surface area contributed by atoms with Crippen LogP contribution in [-0.4, -0.2) is 26.7 Å². The lowest BCUT2D eigenvalue weighted by molar-refractivity contribution is 0.00578. The van der Waals surface area contributed by atoms with Crippen molar-refractivity contribution in [3.05, 3.63) is 24.0 Å². The Labute approximate surface area is 118 Å². The molecule has 20 heavy (non-hydrogen) atoms. The van der Waals surface area contributed by atoms with Crippen LogP contribution >= 0.6 is 0 Å². The van der Waals surface area contributed by atoms with Gasteiger partial charge in [0.1, 0.15) is 5.82 Å². The molecule has 1 aliphatic rings. The van der Waals surface area contributed by atoms with Gasteiger partial charge in [-0.2, -0.15) is 0 Å².